The molecule has 1 N–H and O–H groups in total. The van der Waals surface area contributed by atoms with Gasteiger partial charge in [0.25, 0.3) is 5.56 Å². The highest BCUT2D eigenvalue weighted by Gasteiger charge is 2.13. The standard InChI is InChI=1S/C20H18N4O2/c1-14(20-22-13-17(26-20)15-7-3-2-4-8-15)21-12-16-11-19(25)24-10-6-5-9-18(24)23-16/h2-11,13-14,21H,12H2,1H3. The van der Waals surface area contributed by atoms with Crippen molar-refractivity contribution in [3.05, 3.63) is 88.9 Å². The van der Waals surface area contributed by atoms with Crippen LogP contribution < -0.4 is 10.9 Å². The largest absolute Gasteiger partial charge is 0.439 e. The van der Waals surface area contributed by atoms with E-state index in [0.29, 0.717) is 23.8 Å². The summed E-state index contributed by atoms with van der Waals surface area (Å²) in [6, 6.07) is 16.8. The van der Waals surface area contributed by atoms with E-state index in [1.54, 1.807) is 12.4 Å². The first-order valence-corrected chi connectivity index (χ1v) is 8.42. The Labute approximate surface area is 150 Å². The molecule has 0 amide bonds. The molecule has 0 spiro atoms. The summed E-state index contributed by atoms with van der Waals surface area (Å²) in [5, 5.41) is 3.31. The van der Waals surface area contributed by atoms with Crippen LogP contribution in [-0.2, 0) is 6.54 Å². The molecule has 6 heteroatoms. The maximum absolute atomic E-state index is 12.1. The van der Waals surface area contributed by atoms with Crippen molar-refractivity contribution in [2.24, 2.45) is 0 Å². The molecule has 0 aliphatic carbocycles. The van der Waals surface area contributed by atoms with Crippen molar-refractivity contribution in [2.75, 3.05) is 0 Å². The number of fused-ring (bicyclic) bond motifs is 1. The van der Waals surface area contributed by atoms with Crippen molar-refractivity contribution in [1.29, 1.82) is 0 Å². The van der Waals surface area contributed by atoms with Crippen LogP contribution in [0.1, 0.15) is 24.6 Å². The van der Waals surface area contributed by atoms with E-state index < -0.39 is 0 Å². The fraction of sp³-hybridized carbons (Fsp3) is 0.150. The number of nitrogens with zero attached hydrogens (tertiary/aromatic N) is 3. The second-order valence-electron chi connectivity index (χ2n) is 6.05. The van der Waals surface area contributed by atoms with E-state index in [-0.39, 0.29) is 11.6 Å². The van der Waals surface area contributed by atoms with Crippen LogP contribution in [-0.4, -0.2) is 14.4 Å². The Morgan fingerprint density at radius 2 is 1.96 bits per heavy atom. The lowest BCUT2D eigenvalue weighted by Gasteiger charge is -2.10. The Kier molecular flexibility index (Phi) is 4.33. The van der Waals surface area contributed by atoms with Gasteiger partial charge < -0.3 is 9.73 Å². The van der Waals surface area contributed by atoms with Crippen LogP contribution in [0.5, 0.6) is 0 Å². The van der Waals surface area contributed by atoms with Gasteiger partial charge in [0.05, 0.1) is 17.9 Å². The number of pyridine rings is 1. The fourth-order valence-corrected chi connectivity index (χ4v) is 2.76. The molecule has 1 unspecified atom stereocenters. The van der Waals surface area contributed by atoms with Crippen LogP contribution in [0.25, 0.3) is 17.0 Å². The Morgan fingerprint density at radius 1 is 1.15 bits per heavy atom. The molecule has 0 radical (unpaired) electrons. The minimum atomic E-state index is -0.108. The normalized spacial score (nSPS) is 12.3. The summed E-state index contributed by atoms with van der Waals surface area (Å²) in [5.41, 5.74) is 2.21. The summed E-state index contributed by atoms with van der Waals surface area (Å²) < 4.78 is 7.37. The molecule has 1 atom stereocenters. The topological polar surface area (TPSA) is 72.4 Å². The predicted molar refractivity (Wildman–Crippen MR) is 98.7 cm³/mol. The summed E-state index contributed by atoms with van der Waals surface area (Å²) in [4.78, 5) is 21.0. The molecule has 130 valence electrons. The number of hydrogen-bond acceptors (Lipinski definition) is 5. The van der Waals surface area contributed by atoms with Crippen LogP contribution in [0.15, 0.2) is 76.2 Å². The minimum absolute atomic E-state index is 0.0949. The number of aromatic nitrogens is 3. The van der Waals surface area contributed by atoms with E-state index in [2.05, 4.69) is 15.3 Å². The second-order valence-corrected chi connectivity index (χ2v) is 6.05. The van der Waals surface area contributed by atoms with Gasteiger partial charge in [-0.05, 0) is 19.1 Å². The summed E-state index contributed by atoms with van der Waals surface area (Å²) in [5.74, 6) is 1.33. The average Bonchev–Trinajstić information content (AvgIpc) is 3.17. The van der Waals surface area contributed by atoms with Crippen molar-refractivity contribution < 1.29 is 4.42 Å². The van der Waals surface area contributed by atoms with Crippen molar-refractivity contribution >= 4 is 5.65 Å². The molecule has 4 aromatic rings. The van der Waals surface area contributed by atoms with Gasteiger partial charge in [-0.25, -0.2) is 9.97 Å². The van der Waals surface area contributed by atoms with Crippen LogP contribution in [0, 0.1) is 0 Å². The molecular weight excluding hydrogens is 328 g/mol. The molecule has 0 fully saturated rings. The lowest BCUT2D eigenvalue weighted by Crippen LogP contribution is -2.22. The van der Waals surface area contributed by atoms with Gasteiger partial charge in [-0.15, -0.1) is 0 Å². The second kappa shape index (κ2) is 6.93. The lowest BCUT2D eigenvalue weighted by molar-refractivity contribution is 0.420. The van der Waals surface area contributed by atoms with Crippen LogP contribution in [0.3, 0.4) is 0 Å². The maximum atomic E-state index is 12.1. The van der Waals surface area contributed by atoms with Gasteiger partial charge in [-0.3, -0.25) is 9.20 Å². The molecule has 1 aromatic carbocycles. The van der Waals surface area contributed by atoms with Crippen LogP contribution in [0.4, 0.5) is 0 Å². The number of hydrogen-bond donors (Lipinski definition) is 1. The monoisotopic (exact) mass is 346 g/mol. The zero-order chi connectivity index (χ0) is 17.9. The van der Waals surface area contributed by atoms with Crippen LogP contribution >= 0.6 is 0 Å². The molecule has 26 heavy (non-hydrogen) atoms. The fourth-order valence-electron chi connectivity index (χ4n) is 2.76. The van der Waals surface area contributed by atoms with Crippen molar-refractivity contribution in [3.63, 3.8) is 0 Å². The average molecular weight is 346 g/mol. The quantitative estimate of drug-likeness (QED) is 0.601. The molecule has 0 saturated heterocycles. The zero-order valence-corrected chi connectivity index (χ0v) is 14.3. The van der Waals surface area contributed by atoms with E-state index >= 15 is 0 Å². The van der Waals surface area contributed by atoms with E-state index in [9.17, 15) is 4.79 Å². The highest BCUT2D eigenvalue weighted by Crippen LogP contribution is 2.22. The Hall–Kier alpha value is -3.25. The predicted octanol–water partition coefficient (Wildman–Crippen LogP) is 3.20. The SMILES string of the molecule is CC(NCc1cc(=O)n2ccccc2n1)c1ncc(-c2ccccc2)o1. The number of oxazole rings is 1. The smallest absolute Gasteiger partial charge is 0.258 e. The Morgan fingerprint density at radius 3 is 2.81 bits per heavy atom. The van der Waals surface area contributed by atoms with E-state index in [4.69, 9.17) is 4.42 Å². The first kappa shape index (κ1) is 16.2. The molecule has 0 saturated carbocycles. The Bertz CT molecular complexity index is 1090. The number of rotatable bonds is 5. The third kappa shape index (κ3) is 3.27. The first-order chi connectivity index (χ1) is 12.7. The Balaban J connectivity index is 1.48. The summed E-state index contributed by atoms with van der Waals surface area (Å²) in [7, 11) is 0. The summed E-state index contributed by atoms with van der Waals surface area (Å²) in [6.45, 7) is 2.42. The van der Waals surface area contributed by atoms with Gasteiger partial charge in [0.1, 0.15) is 5.65 Å². The molecule has 4 rings (SSSR count). The van der Waals surface area contributed by atoms with E-state index in [1.807, 2.05) is 55.5 Å². The van der Waals surface area contributed by atoms with Gasteiger partial charge in [-0.1, -0.05) is 36.4 Å². The van der Waals surface area contributed by atoms with Gasteiger partial charge in [-0.2, -0.15) is 0 Å². The third-order valence-corrected chi connectivity index (χ3v) is 4.17. The van der Waals surface area contributed by atoms with Gasteiger partial charge in [0, 0.05) is 24.4 Å². The highest BCUT2D eigenvalue weighted by molar-refractivity contribution is 5.55. The van der Waals surface area contributed by atoms with Gasteiger partial charge in [0.2, 0.25) is 5.89 Å². The molecule has 6 nitrogen and oxygen atoms in total. The molecule has 0 aliphatic rings. The van der Waals surface area contributed by atoms with Crippen molar-refractivity contribution in [1.82, 2.24) is 19.7 Å². The maximum Gasteiger partial charge on any atom is 0.258 e. The number of benzene rings is 1. The highest BCUT2D eigenvalue weighted by atomic mass is 16.4. The zero-order valence-electron chi connectivity index (χ0n) is 14.3. The van der Waals surface area contributed by atoms with Crippen molar-refractivity contribution in [2.45, 2.75) is 19.5 Å². The first-order valence-electron chi connectivity index (χ1n) is 8.42. The number of nitrogens with one attached hydrogen (secondary N) is 1. The molecule has 0 bridgehead atoms. The minimum Gasteiger partial charge on any atom is -0.439 e. The third-order valence-electron chi connectivity index (χ3n) is 4.17. The lowest BCUT2D eigenvalue weighted by atomic mass is 10.2. The molecule has 3 aromatic heterocycles. The molecular formula is C20H18N4O2. The molecule has 3 heterocycles. The molecule has 0 aliphatic heterocycles. The van der Waals surface area contributed by atoms with E-state index in [0.717, 1.165) is 11.3 Å². The summed E-state index contributed by atoms with van der Waals surface area (Å²) in [6.07, 6.45) is 3.44. The van der Waals surface area contributed by atoms with E-state index in [1.165, 1.54) is 10.5 Å². The summed E-state index contributed by atoms with van der Waals surface area (Å²) >= 11 is 0. The van der Waals surface area contributed by atoms with Gasteiger partial charge in [0.15, 0.2) is 5.76 Å². The van der Waals surface area contributed by atoms with Crippen LogP contribution in [0.2, 0.25) is 0 Å². The van der Waals surface area contributed by atoms with Crippen molar-refractivity contribution in [3.8, 4) is 11.3 Å². The van der Waals surface area contributed by atoms with Gasteiger partial charge >= 0.3 is 0 Å².